The lowest BCUT2D eigenvalue weighted by atomic mass is 9.71. The van der Waals surface area contributed by atoms with E-state index in [2.05, 4.69) is 32.5 Å². The highest BCUT2D eigenvalue weighted by Gasteiger charge is 2.47. The normalized spacial score (nSPS) is 18.1. The van der Waals surface area contributed by atoms with Crippen LogP contribution in [0.4, 0.5) is 5.82 Å². The van der Waals surface area contributed by atoms with E-state index in [4.69, 9.17) is 0 Å². The molecule has 0 saturated heterocycles. The maximum atomic E-state index is 12.8. The molecule has 0 fully saturated rings. The maximum Gasteiger partial charge on any atom is 0.270 e. The van der Waals surface area contributed by atoms with Crippen LogP contribution in [-0.2, 0) is 23.2 Å². The Bertz CT molecular complexity index is 1180. The lowest BCUT2D eigenvalue weighted by Gasteiger charge is -2.29. The van der Waals surface area contributed by atoms with Crippen LogP contribution in [0.2, 0.25) is 0 Å². The summed E-state index contributed by atoms with van der Waals surface area (Å²) >= 11 is 0. The molecule has 2 N–H and O–H groups in total. The Hall–Kier alpha value is -3.61. The van der Waals surface area contributed by atoms with Gasteiger partial charge in [0.05, 0.1) is 5.41 Å². The smallest absolute Gasteiger partial charge is 0.270 e. The lowest BCUT2D eigenvalue weighted by molar-refractivity contribution is -0.120. The van der Waals surface area contributed by atoms with Crippen molar-refractivity contribution in [3.8, 4) is 0 Å². The summed E-state index contributed by atoms with van der Waals surface area (Å²) in [5, 5.41) is 5.80. The zero-order chi connectivity index (χ0) is 22.9. The van der Waals surface area contributed by atoms with Crippen molar-refractivity contribution < 1.29 is 9.59 Å². The Morgan fingerprint density at radius 2 is 2.03 bits per heavy atom. The molecular formula is C25H27N5O2. The van der Waals surface area contributed by atoms with Crippen molar-refractivity contribution in [2.24, 2.45) is 0 Å². The summed E-state index contributed by atoms with van der Waals surface area (Å²) in [4.78, 5) is 38.5. The van der Waals surface area contributed by atoms with E-state index in [0.717, 1.165) is 34.5 Å². The second-order valence-electron chi connectivity index (χ2n) is 8.40. The Balaban J connectivity index is 1.48. The Kier molecular flexibility index (Phi) is 5.74. The highest BCUT2D eigenvalue weighted by atomic mass is 16.2. The molecule has 7 nitrogen and oxygen atoms in total. The zero-order valence-corrected chi connectivity index (χ0v) is 18.8. The van der Waals surface area contributed by atoms with Crippen molar-refractivity contribution in [3.05, 3.63) is 82.6 Å². The van der Waals surface area contributed by atoms with Crippen molar-refractivity contribution in [2.75, 3.05) is 5.32 Å². The third-order valence-corrected chi connectivity index (χ3v) is 6.34. The van der Waals surface area contributed by atoms with Crippen molar-refractivity contribution in [1.82, 2.24) is 20.3 Å². The summed E-state index contributed by atoms with van der Waals surface area (Å²) in [6.07, 6.45) is 4.19. The molecule has 2 amide bonds. The SMILES string of the molecule is CCc1cc(CNC(=O)c2ccc([C@@H](C)[C@@]3(C)C(=O)Nc4ncccc43)cn2)cc(C)n1. The quantitative estimate of drug-likeness (QED) is 0.623. The van der Waals surface area contributed by atoms with Gasteiger partial charge in [-0.2, -0.15) is 0 Å². The van der Waals surface area contributed by atoms with Crippen molar-refractivity contribution in [2.45, 2.75) is 52.0 Å². The molecule has 4 heterocycles. The molecule has 0 radical (unpaired) electrons. The van der Waals surface area contributed by atoms with Crippen LogP contribution in [0.1, 0.15) is 65.3 Å². The van der Waals surface area contributed by atoms with Gasteiger partial charge in [0, 0.05) is 41.8 Å². The summed E-state index contributed by atoms with van der Waals surface area (Å²) in [6.45, 7) is 8.34. The van der Waals surface area contributed by atoms with Gasteiger partial charge in [-0.25, -0.2) is 4.98 Å². The van der Waals surface area contributed by atoms with Gasteiger partial charge in [0.2, 0.25) is 5.91 Å². The van der Waals surface area contributed by atoms with Gasteiger partial charge in [0.1, 0.15) is 11.5 Å². The second-order valence-corrected chi connectivity index (χ2v) is 8.40. The molecule has 1 aliphatic heterocycles. The highest BCUT2D eigenvalue weighted by molar-refractivity contribution is 6.05. The predicted molar refractivity (Wildman–Crippen MR) is 122 cm³/mol. The number of aromatic nitrogens is 3. The number of hydrogen-bond donors (Lipinski definition) is 2. The summed E-state index contributed by atoms with van der Waals surface area (Å²) < 4.78 is 0. The van der Waals surface area contributed by atoms with Crippen LogP contribution in [0, 0.1) is 6.92 Å². The first kappa shape index (κ1) is 21.6. The minimum absolute atomic E-state index is 0.0837. The van der Waals surface area contributed by atoms with Gasteiger partial charge in [-0.1, -0.05) is 26.0 Å². The average Bonchev–Trinajstić information content (AvgIpc) is 3.07. The van der Waals surface area contributed by atoms with Gasteiger partial charge in [0.15, 0.2) is 0 Å². The molecule has 4 rings (SSSR count). The third kappa shape index (κ3) is 3.86. The molecule has 3 aromatic heterocycles. The number of fused-ring (bicyclic) bond motifs is 1. The Morgan fingerprint density at radius 1 is 1.22 bits per heavy atom. The highest BCUT2D eigenvalue weighted by Crippen LogP contribution is 2.45. The molecular weight excluding hydrogens is 402 g/mol. The van der Waals surface area contributed by atoms with Crippen molar-refractivity contribution in [3.63, 3.8) is 0 Å². The van der Waals surface area contributed by atoms with E-state index < -0.39 is 5.41 Å². The molecule has 1 aliphatic rings. The van der Waals surface area contributed by atoms with E-state index in [-0.39, 0.29) is 17.7 Å². The number of hydrogen-bond acceptors (Lipinski definition) is 5. The number of amides is 2. The lowest BCUT2D eigenvalue weighted by Crippen LogP contribution is -2.36. The van der Waals surface area contributed by atoms with Gasteiger partial charge >= 0.3 is 0 Å². The number of nitrogens with zero attached hydrogens (tertiary/aromatic N) is 3. The van der Waals surface area contributed by atoms with Gasteiger partial charge < -0.3 is 10.6 Å². The largest absolute Gasteiger partial charge is 0.347 e. The molecule has 0 unspecified atom stereocenters. The summed E-state index contributed by atoms with van der Waals surface area (Å²) in [6, 6.07) is 11.3. The molecule has 7 heteroatoms. The Labute approximate surface area is 187 Å². The number of carbonyl (C=O) groups is 2. The van der Waals surface area contributed by atoms with E-state index in [1.165, 1.54) is 0 Å². The topological polar surface area (TPSA) is 96.9 Å². The van der Waals surface area contributed by atoms with Crippen molar-refractivity contribution in [1.29, 1.82) is 0 Å². The minimum atomic E-state index is -0.759. The van der Waals surface area contributed by atoms with E-state index >= 15 is 0 Å². The molecule has 32 heavy (non-hydrogen) atoms. The minimum Gasteiger partial charge on any atom is -0.347 e. The summed E-state index contributed by atoms with van der Waals surface area (Å²) in [7, 11) is 0. The van der Waals surface area contributed by atoms with Gasteiger partial charge in [-0.15, -0.1) is 0 Å². The number of anilines is 1. The number of carbonyl (C=O) groups excluding carboxylic acids is 2. The van der Waals surface area contributed by atoms with Gasteiger partial charge in [-0.05, 0) is 55.7 Å². The maximum absolute atomic E-state index is 12.8. The van der Waals surface area contributed by atoms with Crippen LogP contribution in [0.5, 0.6) is 0 Å². The van der Waals surface area contributed by atoms with E-state index in [1.807, 2.05) is 51.1 Å². The Morgan fingerprint density at radius 3 is 2.75 bits per heavy atom. The van der Waals surface area contributed by atoms with Crippen LogP contribution >= 0.6 is 0 Å². The fraction of sp³-hybridized carbons (Fsp3) is 0.320. The average molecular weight is 430 g/mol. The number of pyridine rings is 3. The van der Waals surface area contributed by atoms with Gasteiger partial charge in [-0.3, -0.25) is 19.6 Å². The first-order chi connectivity index (χ1) is 15.3. The molecule has 164 valence electrons. The number of aryl methyl sites for hydroxylation is 2. The molecule has 2 atom stereocenters. The second kappa shape index (κ2) is 8.49. The third-order valence-electron chi connectivity index (χ3n) is 6.34. The van der Waals surface area contributed by atoms with E-state index in [1.54, 1.807) is 18.5 Å². The summed E-state index contributed by atoms with van der Waals surface area (Å²) in [5.74, 6) is 0.133. The summed E-state index contributed by atoms with van der Waals surface area (Å²) in [5.41, 5.74) is 4.29. The molecule has 0 aromatic carbocycles. The predicted octanol–water partition coefficient (Wildman–Crippen LogP) is 3.69. The molecule has 0 saturated carbocycles. The number of nitrogens with one attached hydrogen (secondary N) is 2. The standard InChI is InChI=1S/C25H27N5O2/c1-5-19-12-17(11-15(2)29-19)13-28-23(31)21-9-8-18(14-27-21)16(3)25(4)20-7-6-10-26-22(20)30-24(25)32/h6-12,14,16H,5,13H2,1-4H3,(H,28,31)(H,26,30,32)/t16-,25-/m1/s1. The van der Waals surface area contributed by atoms with Crippen LogP contribution in [0.15, 0.2) is 48.8 Å². The zero-order valence-electron chi connectivity index (χ0n) is 18.8. The molecule has 0 bridgehead atoms. The number of rotatable bonds is 6. The fourth-order valence-electron chi connectivity index (χ4n) is 4.21. The van der Waals surface area contributed by atoms with E-state index in [0.29, 0.717) is 18.1 Å². The monoisotopic (exact) mass is 429 g/mol. The molecule has 0 spiro atoms. The van der Waals surface area contributed by atoms with Crippen LogP contribution < -0.4 is 10.6 Å². The van der Waals surface area contributed by atoms with E-state index in [9.17, 15) is 9.59 Å². The van der Waals surface area contributed by atoms with Crippen LogP contribution in [0.3, 0.4) is 0 Å². The first-order valence-corrected chi connectivity index (χ1v) is 10.8. The fourth-order valence-corrected chi connectivity index (χ4v) is 4.21. The molecule has 0 aliphatic carbocycles. The first-order valence-electron chi connectivity index (χ1n) is 10.8. The molecule has 3 aromatic rings. The van der Waals surface area contributed by atoms with Crippen molar-refractivity contribution >= 4 is 17.6 Å². The van der Waals surface area contributed by atoms with Gasteiger partial charge in [0.25, 0.3) is 5.91 Å². The van der Waals surface area contributed by atoms with Crippen LogP contribution in [0.25, 0.3) is 0 Å². The van der Waals surface area contributed by atoms with Crippen LogP contribution in [-0.4, -0.2) is 26.8 Å².